The molecule has 2 aromatic heterocycles. The predicted molar refractivity (Wildman–Crippen MR) is 88.2 cm³/mol. The second-order valence-electron chi connectivity index (χ2n) is 4.97. The highest BCUT2D eigenvalue weighted by Gasteiger charge is 2.14. The number of hydrogen-bond acceptors (Lipinski definition) is 3. The minimum atomic E-state index is -2.93. The summed E-state index contributed by atoms with van der Waals surface area (Å²) in [4.78, 5) is 3.94. The number of pyridine rings is 1. The summed E-state index contributed by atoms with van der Waals surface area (Å²) < 4.78 is 31.0. The Bertz CT molecular complexity index is 884. The maximum absolute atomic E-state index is 12.5. The number of ether oxygens (including phenoxy) is 1. The molecule has 0 radical (unpaired) electrons. The zero-order chi connectivity index (χ0) is 17.3. The first-order valence-electron chi connectivity index (χ1n) is 6.87. The molecule has 124 valence electrons. The van der Waals surface area contributed by atoms with E-state index in [1.165, 1.54) is 12.1 Å². The number of hydrogen-bond donors (Lipinski definition) is 0. The zero-order valence-corrected chi connectivity index (χ0v) is 13.9. The van der Waals surface area contributed by atoms with E-state index in [9.17, 15) is 8.78 Å². The monoisotopic (exact) mass is 369 g/mol. The van der Waals surface area contributed by atoms with Gasteiger partial charge in [-0.05, 0) is 37.3 Å². The van der Waals surface area contributed by atoms with Crippen molar-refractivity contribution in [3.63, 3.8) is 0 Å². The number of halogens is 4. The van der Waals surface area contributed by atoms with E-state index in [1.807, 2.05) is 13.0 Å². The van der Waals surface area contributed by atoms with E-state index >= 15 is 0 Å². The molecule has 0 spiro atoms. The predicted octanol–water partition coefficient (Wildman–Crippen LogP) is 5.15. The van der Waals surface area contributed by atoms with E-state index in [4.69, 9.17) is 23.2 Å². The van der Waals surface area contributed by atoms with Gasteiger partial charge in [0.25, 0.3) is 0 Å². The molecule has 24 heavy (non-hydrogen) atoms. The summed E-state index contributed by atoms with van der Waals surface area (Å²) >= 11 is 12.0. The SMILES string of the molecule is Cc1cc(-c2cc(Cl)cc(OC(F)F)c2)n(-c2ccnc(Cl)c2)n1. The molecule has 0 aliphatic rings. The molecule has 0 amide bonds. The van der Waals surface area contributed by atoms with Gasteiger partial charge in [0, 0.05) is 22.8 Å². The van der Waals surface area contributed by atoms with E-state index in [2.05, 4.69) is 14.8 Å². The van der Waals surface area contributed by atoms with Crippen molar-refractivity contribution in [2.45, 2.75) is 13.5 Å². The molecule has 0 aliphatic heterocycles. The number of nitrogens with zero attached hydrogens (tertiary/aromatic N) is 3. The van der Waals surface area contributed by atoms with Crippen LogP contribution in [0.1, 0.15) is 5.69 Å². The van der Waals surface area contributed by atoms with Gasteiger partial charge in [-0.25, -0.2) is 9.67 Å². The lowest BCUT2D eigenvalue weighted by Gasteiger charge is -2.10. The molecule has 4 nitrogen and oxygen atoms in total. The summed E-state index contributed by atoms with van der Waals surface area (Å²) in [5.74, 6) is -0.0225. The molecule has 2 heterocycles. The second-order valence-corrected chi connectivity index (χ2v) is 5.80. The van der Waals surface area contributed by atoms with Gasteiger partial charge in [-0.1, -0.05) is 23.2 Å². The van der Waals surface area contributed by atoms with Crippen LogP contribution in [0.3, 0.4) is 0 Å². The van der Waals surface area contributed by atoms with Crippen molar-refractivity contribution < 1.29 is 13.5 Å². The highest BCUT2D eigenvalue weighted by Crippen LogP contribution is 2.31. The van der Waals surface area contributed by atoms with E-state index in [0.29, 0.717) is 22.1 Å². The molecule has 0 bridgehead atoms. The van der Waals surface area contributed by atoms with Gasteiger partial charge in [0.05, 0.1) is 17.1 Å². The quantitative estimate of drug-likeness (QED) is 0.597. The lowest BCUT2D eigenvalue weighted by atomic mass is 10.1. The third-order valence-electron chi connectivity index (χ3n) is 3.18. The molecular weight excluding hydrogens is 359 g/mol. The van der Waals surface area contributed by atoms with Crippen LogP contribution in [0.5, 0.6) is 5.75 Å². The Hall–Kier alpha value is -2.18. The van der Waals surface area contributed by atoms with E-state index in [1.54, 1.807) is 29.1 Å². The molecule has 1 aromatic carbocycles. The Labute approximate surface area is 146 Å². The molecule has 0 saturated heterocycles. The summed E-state index contributed by atoms with van der Waals surface area (Å²) in [7, 11) is 0. The van der Waals surface area contributed by atoms with Crippen molar-refractivity contribution in [2.75, 3.05) is 0 Å². The van der Waals surface area contributed by atoms with Gasteiger partial charge in [0.1, 0.15) is 10.9 Å². The molecule has 0 aliphatic carbocycles. The van der Waals surface area contributed by atoms with E-state index in [-0.39, 0.29) is 10.8 Å². The van der Waals surface area contributed by atoms with Gasteiger partial charge in [-0.3, -0.25) is 0 Å². The summed E-state index contributed by atoms with van der Waals surface area (Å²) in [6.45, 7) is -1.11. The van der Waals surface area contributed by atoms with Crippen molar-refractivity contribution >= 4 is 23.2 Å². The number of aromatic nitrogens is 3. The number of rotatable bonds is 4. The first-order valence-corrected chi connectivity index (χ1v) is 7.62. The molecule has 3 aromatic rings. The van der Waals surface area contributed by atoms with Gasteiger partial charge in [-0.15, -0.1) is 0 Å². The molecule has 0 atom stereocenters. The van der Waals surface area contributed by atoms with Crippen LogP contribution >= 0.6 is 23.2 Å². The molecule has 0 saturated carbocycles. The topological polar surface area (TPSA) is 39.9 Å². The Morgan fingerprint density at radius 2 is 1.92 bits per heavy atom. The van der Waals surface area contributed by atoms with Gasteiger partial charge in [-0.2, -0.15) is 13.9 Å². The van der Waals surface area contributed by atoms with Gasteiger partial charge < -0.3 is 4.74 Å². The van der Waals surface area contributed by atoms with Gasteiger partial charge in [0.15, 0.2) is 0 Å². The number of benzene rings is 1. The smallest absolute Gasteiger partial charge is 0.387 e. The van der Waals surface area contributed by atoms with Crippen LogP contribution in [0.4, 0.5) is 8.78 Å². The van der Waals surface area contributed by atoms with Gasteiger partial charge >= 0.3 is 6.61 Å². The molecular formula is C16H11Cl2F2N3O. The Balaban J connectivity index is 2.12. The summed E-state index contributed by atoms with van der Waals surface area (Å²) in [5.41, 5.74) is 2.69. The van der Waals surface area contributed by atoms with E-state index < -0.39 is 6.61 Å². The minimum Gasteiger partial charge on any atom is -0.435 e. The first kappa shape index (κ1) is 16.7. The summed E-state index contributed by atoms with van der Waals surface area (Å²) in [5, 5.41) is 5.01. The first-order chi connectivity index (χ1) is 11.4. The molecule has 3 rings (SSSR count). The van der Waals surface area contributed by atoms with Crippen molar-refractivity contribution in [1.29, 1.82) is 0 Å². The summed E-state index contributed by atoms with van der Waals surface area (Å²) in [6, 6.07) is 9.66. The van der Waals surface area contributed by atoms with Crippen LogP contribution in [0.25, 0.3) is 16.9 Å². The largest absolute Gasteiger partial charge is 0.435 e. The van der Waals surface area contributed by atoms with Crippen LogP contribution in [0.2, 0.25) is 10.2 Å². The van der Waals surface area contributed by atoms with Crippen LogP contribution < -0.4 is 4.74 Å². The van der Waals surface area contributed by atoms with Gasteiger partial charge in [0.2, 0.25) is 0 Å². The fourth-order valence-corrected chi connectivity index (χ4v) is 2.70. The number of aryl methyl sites for hydroxylation is 1. The van der Waals surface area contributed by atoms with Crippen LogP contribution in [-0.2, 0) is 0 Å². The second kappa shape index (κ2) is 6.75. The maximum atomic E-state index is 12.5. The van der Waals surface area contributed by atoms with Crippen LogP contribution in [0.15, 0.2) is 42.6 Å². The Morgan fingerprint density at radius 1 is 1.12 bits per heavy atom. The average molecular weight is 370 g/mol. The normalized spacial score (nSPS) is 11.1. The molecule has 0 N–H and O–H groups in total. The molecule has 0 fully saturated rings. The van der Waals surface area contributed by atoms with Crippen molar-refractivity contribution in [2.24, 2.45) is 0 Å². The fraction of sp³-hybridized carbons (Fsp3) is 0.125. The lowest BCUT2D eigenvalue weighted by Crippen LogP contribution is -2.03. The average Bonchev–Trinajstić information content (AvgIpc) is 2.88. The highest BCUT2D eigenvalue weighted by molar-refractivity contribution is 6.31. The third-order valence-corrected chi connectivity index (χ3v) is 3.60. The Kier molecular flexibility index (Phi) is 4.69. The van der Waals surface area contributed by atoms with E-state index in [0.717, 1.165) is 5.69 Å². The van der Waals surface area contributed by atoms with Crippen molar-refractivity contribution in [3.8, 4) is 22.7 Å². The highest BCUT2D eigenvalue weighted by atomic mass is 35.5. The van der Waals surface area contributed by atoms with Crippen LogP contribution in [-0.4, -0.2) is 21.4 Å². The Morgan fingerprint density at radius 3 is 2.62 bits per heavy atom. The zero-order valence-electron chi connectivity index (χ0n) is 12.4. The van der Waals surface area contributed by atoms with Crippen LogP contribution in [0, 0.1) is 6.92 Å². The van der Waals surface area contributed by atoms with Crippen molar-refractivity contribution in [3.05, 3.63) is 58.5 Å². The number of alkyl halides is 2. The molecule has 8 heteroatoms. The summed E-state index contributed by atoms with van der Waals surface area (Å²) in [6.07, 6.45) is 1.56. The van der Waals surface area contributed by atoms with Crippen molar-refractivity contribution in [1.82, 2.24) is 14.8 Å². The lowest BCUT2D eigenvalue weighted by molar-refractivity contribution is -0.0498. The standard InChI is InChI=1S/C16H11Cl2F2N3O/c1-9-4-14(23(22-9)12-2-3-21-15(18)8-12)10-5-11(17)7-13(6-10)24-16(19)20/h2-8,16H,1H3. The fourth-order valence-electron chi connectivity index (χ4n) is 2.31. The maximum Gasteiger partial charge on any atom is 0.387 e. The molecule has 0 unspecified atom stereocenters. The third kappa shape index (κ3) is 3.66. The minimum absolute atomic E-state index is 0.0225.